The van der Waals surface area contributed by atoms with Crippen LogP contribution in [0.4, 0.5) is 0 Å². The number of amides is 1. The van der Waals surface area contributed by atoms with Gasteiger partial charge >= 0.3 is 5.97 Å². The van der Waals surface area contributed by atoms with E-state index in [1.54, 1.807) is 36.1 Å². The number of carbonyl (C=O) groups excluding carboxylic acids is 2. The Morgan fingerprint density at radius 3 is 2.41 bits per heavy atom. The Hall–Kier alpha value is -2.25. The lowest BCUT2D eigenvalue weighted by molar-refractivity contribution is -0.143. The van der Waals surface area contributed by atoms with E-state index in [9.17, 15) is 9.59 Å². The summed E-state index contributed by atoms with van der Waals surface area (Å²) in [7, 11) is 0. The van der Waals surface area contributed by atoms with Crippen molar-refractivity contribution in [2.75, 3.05) is 13.2 Å². The molecule has 2 aromatic rings. The molecule has 0 aromatic heterocycles. The molecular formula is C20H21BrN2O3S. The number of rotatable bonds is 7. The molecule has 0 spiro atoms. The summed E-state index contributed by atoms with van der Waals surface area (Å²) in [6, 6.07) is 16.7. The molecule has 0 heterocycles. The van der Waals surface area contributed by atoms with Gasteiger partial charge in [0.2, 0.25) is 0 Å². The molecular weight excluding hydrogens is 428 g/mol. The molecule has 0 aliphatic carbocycles. The van der Waals surface area contributed by atoms with Gasteiger partial charge in [0.25, 0.3) is 5.91 Å². The van der Waals surface area contributed by atoms with Crippen LogP contribution >= 0.6 is 28.1 Å². The van der Waals surface area contributed by atoms with E-state index in [0.717, 1.165) is 10.0 Å². The highest BCUT2D eigenvalue weighted by molar-refractivity contribution is 9.10. The highest BCUT2D eigenvalue weighted by atomic mass is 79.9. The number of benzene rings is 2. The summed E-state index contributed by atoms with van der Waals surface area (Å²) >= 11 is 8.77. The lowest BCUT2D eigenvalue weighted by atomic mass is 10.2. The van der Waals surface area contributed by atoms with Crippen molar-refractivity contribution in [2.45, 2.75) is 19.9 Å². The zero-order valence-corrected chi connectivity index (χ0v) is 17.4. The molecule has 0 bridgehead atoms. The molecule has 0 saturated heterocycles. The number of esters is 1. The molecule has 5 nitrogen and oxygen atoms in total. The van der Waals surface area contributed by atoms with E-state index in [0.29, 0.717) is 25.3 Å². The van der Waals surface area contributed by atoms with Crippen molar-refractivity contribution >= 4 is 45.1 Å². The molecule has 0 aliphatic rings. The number of nitrogens with zero attached hydrogens (tertiary/aromatic N) is 1. The first-order valence-electron chi connectivity index (χ1n) is 8.55. The van der Waals surface area contributed by atoms with Crippen molar-refractivity contribution in [2.24, 2.45) is 0 Å². The second kappa shape index (κ2) is 10.8. The van der Waals surface area contributed by atoms with Crippen molar-refractivity contribution < 1.29 is 14.3 Å². The summed E-state index contributed by atoms with van der Waals surface area (Å²) in [6.45, 7) is 2.94. The van der Waals surface area contributed by atoms with Crippen LogP contribution in [0.3, 0.4) is 0 Å². The van der Waals surface area contributed by atoms with Gasteiger partial charge in [-0.2, -0.15) is 0 Å². The Labute approximate surface area is 172 Å². The number of thiocarbonyl (C=S) groups is 1. The van der Waals surface area contributed by atoms with E-state index < -0.39 is 0 Å². The quantitative estimate of drug-likeness (QED) is 0.513. The molecule has 27 heavy (non-hydrogen) atoms. The van der Waals surface area contributed by atoms with Crippen molar-refractivity contribution in [3.8, 4) is 0 Å². The minimum Gasteiger partial charge on any atom is -0.466 e. The highest BCUT2D eigenvalue weighted by Crippen LogP contribution is 2.11. The van der Waals surface area contributed by atoms with E-state index in [4.69, 9.17) is 17.0 Å². The molecule has 0 saturated carbocycles. The van der Waals surface area contributed by atoms with Crippen LogP contribution in [0.2, 0.25) is 0 Å². The normalized spacial score (nSPS) is 10.1. The first-order chi connectivity index (χ1) is 13.0. The fourth-order valence-corrected chi connectivity index (χ4v) is 2.88. The summed E-state index contributed by atoms with van der Waals surface area (Å²) in [5.41, 5.74) is 1.53. The van der Waals surface area contributed by atoms with Crippen molar-refractivity contribution in [1.82, 2.24) is 10.2 Å². The monoisotopic (exact) mass is 448 g/mol. The average molecular weight is 449 g/mol. The van der Waals surface area contributed by atoms with E-state index >= 15 is 0 Å². The maximum Gasteiger partial charge on any atom is 0.307 e. The Morgan fingerprint density at radius 1 is 1.11 bits per heavy atom. The lowest BCUT2D eigenvalue weighted by Crippen LogP contribution is -2.43. The van der Waals surface area contributed by atoms with Gasteiger partial charge in [-0.25, -0.2) is 0 Å². The molecule has 0 aliphatic heterocycles. The largest absolute Gasteiger partial charge is 0.466 e. The van der Waals surface area contributed by atoms with Gasteiger partial charge in [-0.1, -0.05) is 46.3 Å². The minimum absolute atomic E-state index is 0.189. The van der Waals surface area contributed by atoms with E-state index in [1.807, 2.05) is 30.3 Å². The highest BCUT2D eigenvalue weighted by Gasteiger charge is 2.16. The van der Waals surface area contributed by atoms with Gasteiger partial charge in [-0.05, 0) is 49.0 Å². The van der Waals surface area contributed by atoms with Crippen LogP contribution in [0.25, 0.3) is 0 Å². The Morgan fingerprint density at radius 2 is 1.78 bits per heavy atom. The second-order valence-corrected chi connectivity index (χ2v) is 7.03. The minimum atomic E-state index is -0.294. The summed E-state index contributed by atoms with van der Waals surface area (Å²) in [5.74, 6) is -0.584. The second-order valence-electron chi connectivity index (χ2n) is 5.73. The third kappa shape index (κ3) is 7.11. The van der Waals surface area contributed by atoms with Crippen LogP contribution in [0.1, 0.15) is 29.3 Å². The van der Waals surface area contributed by atoms with Gasteiger partial charge < -0.3 is 9.64 Å². The van der Waals surface area contributed by atoms with Crippen molar-refractivity contribution in [1.29, 1.82) is 0 Å². The Bertz CT molecular complexity index is 782. The maximum atomic E-state index is 12.4. The number of hydrogen-bond acceptors (Lipinski definition) is 4. The van der Waals surface area contributed by atoms with Gasteiger partial charge in [0.15, 0.2) is 5.11 Å². The Balaban J connectivity index is 2.05. The molecule has 1 amide bonds. The van der Waals surface area contributed by atoms with E-state index in [-0.39, 0.29) is 23.4 Å². The predicted molar refractivity (Wildman–Crippen MR) is 112 cm³/mol. The molecule has 0 unspecified atom stereocenters. The first kappa shape index (κ1) is 21.1. The van der Waals surface area contributed by atoms with Gasteiger partial charge in [-0.15, -0.1) is 0 Å². The van der Waals surface area contributed by atoms with Crippen molar-refractivity contribution in [3.05, 3.63) is 70.2 Å². The zero-order chi connectivity index (χ0) is 19.6. The zero-order valence-electron chi connectivity index (χ0n) is 15.0. The molecule has 0 radical (unpaired) electrons. The summed E-state index contributed by atoms with van der Waals surface area (Å²) in [6.07, 6.45) is 0.189. The SMILES string of the molecule is CCOC(=O)CCN(Cc1ccccc1)C(=S)NC(=O)c1ccc(Br)cc1. The number of carbonyl (C=O) groups is 2. The van der Waals surface area contributed by atoms with Gasteiger partial charge in [-0.3, -0.25) is 14.9 Å². The summed E-state index contributed by atoms with van der Waals surface area (Å²) < 4.78 is 5.87. The predicted octanol–water partition coefficient (Wildman–Crippen LogP) is 3.92. The standard InChI is InChI=1S/C20H21BrN2O3S/c1-2-26-18(24)12-13-23(14-15-6-4-3-5-7-15)20(27)22-19(25)16-8-10-17(21)11-9-16/h3-11H,2,12-14H2,1H3,(H,22,25,27). The number of hydrogen-bond donors (Lipinski definition) is 1. The Kier molecular flexibility index (Phi) is 8.42. The molecule has 1 N–H and O–H groups in total. The summed E-state index contributed by atoms with van der Waals surface area (Å²) in [5, 5.41) is 3.02. The van der Waals surface area contributed by atoms with Crippen LogP contribution < -0.4 is 5.32 Å². The molecule has 0 fully saturated rings. The topological polar surface area (TPSA) is 58.6 Å². The lowest BCUT2D eigenvalue weighted by Gasteiger charge is -2.25. The molecule has 2 rings (SSSR count). The number of halogens is 1. The van der Waals surface area contributed by atoms with E-state index in [1.165, 1.54) is 0 Å². The van der Waals surface area contributed by atoms with Crippen molar-refractivity contribution in [3.63, 3.8) is 0 Å². The fraction of sp³-hybridized carbons (Fsp3) is 0.250. The van der Waals surface area contributed by atoms with Gasteiger partial charge in [0, 0.05) is 23.1 Å². The average Bonchev–Trinajstić information content (AvgIpc) is 2.66. The molecule has 7 heteroatoms. The van der Waals surface area contributed by atoms with Crippen LogP contribution in [0, 0.1) is 0 Å². The van der Waals surface area contributed by atoms with E-state index in [2.05, 4.69) is 21.2 Å². The van der Waals surface area contributed by atoms with Gasteiger partial charge in [0.1, 0.15) is 0 Å². The summed E-state index contributed by atoms with van der Waals surface area (Å²) in [4.78, 5) is 25.9. The molecule has 0 atom stereocenters. The fourth-order valence-electron chi connectivity index (χ4n) is 2.37. The smallest absolute Gasteiger partial charge is 0.307 e. The van der Waals surface area contributed by atoms with Crippen LogP contribution in [-0.2, 0) is 16.1 Å². The third-order valence-corrected chi connectivity index (χ3v) is 4.61. The van der Waals surface area contributed by atoms with Crippen LogP contribution in [-0.4, -0.2) is 35.0 Å². The first-order valence-corrected chi connectivity index (χ1v) is 9.75. The third-order valence-electron chi connectivity index (χ3n) is 3.72. The van der Waals surface area contributed by atoms with Crippen LogP contribution in [0.15, 0.2) is 59.1 Å². The molecule has 2 aromatic carbocycles. The molecule has 142 valence electrons. The number of ether oxygens (including phenoxy) is 1. The maximum absolute atomic E-state index is 12.4. The van der Waals surface area contributed by atoms with Gasteiger partial charge in [0.05, 0.1) is 13.0 Å². The van der Waals surface area contributed by atoms with Crippen LogP contribution in [0.5, 0.6) is 0 Å². The number of nitrogens with one attached hydrogen (secondary N) is 1.